The minimum Gasteiger partial charge on any atom is -0.466 e. The molecule has 2 rings (SSSR count). The third-order valence-electron chi connectivity index (χ3n) is 3.36. The molecular weight excluding hydrogens is 260 g/mol. The number of carbonyl (C=O) groups excluding carboxylic acids is 2. The van der Waals surface area contributed by atoms with E-state index < -0.39 is 0 Å². The van der Waals surface area contributed by atoms with Crippen LogP contribution in [0.5, 0.6) is 0 Å². The summed E-state index contributed by atoms with van der Waals surface area (Å²) in [5.41, 5.74) is 0.134. The summed E-state index contributed by atoms with van der Waals surface area (Å²) in [7, 11) is 0. The molecule has 0 spiro atoms. The van der Waals surface area contributed by atoms with Crippen molar-refractivity contribution in [3.05, 3.63) is 23.2 Å². The van der Waals surface area contributed by atoms with Crippen LogP contribution in [0.25, 0.3) is 0 Å². The second-order valence-electron chi connectivity index (χ2n) is 5.42. The van der Waals surface area contributed by atoms with E-state index in [2.05, 4.69) is 10.6 Å². The number of hydrogen-bond donors (Lipinski definition) is 2. The lowest BCUT2D eigenvalue weighted by molar-refractivity contribution is -0.121. The van der Waals surface area contributed by atoms with Gasteiger partial charge in [0.25, 0.3) is 5.91 Å². The standard InChI is InChI=1S/C14H20N2O4/c1-9-6-11(10(2)20-9)13(18)15-7-12(17)16-14(3)4-5-19-8-14/h6H,4-5,7-8H2,1-3H3,(H,15,18)(H,16,17)/t14-/m1/s1. The van der Waals surface area contributed by atoms with Crippen molar-refractivity contribution in [1.29, 1.82) is 0 Å². The molecule has 20 heavy (non-hydrogen) atoms. The van der Waals surface area contributed by atoms with Gasteiger partial charge in [0.05, 0.1) is 24.3 Å². The monoisotopic (exact) mass is 280 g/mol. The molecule has 2 amide bonds. The smallest absolute Gasteiger partial charge is 0.255 e. The maximum absolute atomic E-state index is 11.9. The molecule has 2 N–H and O–H groups in total. The largest absolute Gasteiger partial charge is 0.466 e. The van der Waals surface area contributed by atoms with E-state index in [1.165, 1.54) is 0 Å². The Balaban J connectivity index is 1.84. The second kappa shape index (κ2) is 5.66. The van der Waals surface area contributed by atoms with Crippen molar-refractivity contribution in [2.24, 2.45) is 0 Å². The predicted molar refractivity (Wildman–Crippen MR) is 72.5 cm³/mol. The maximum Gasteiger partial charge on any atom is 0.255 e. The molecule has 6 nitrogen and oxygen atoms in total. The van der Waals surface area contributed by atoms with Gasteiger partial charge in [-0.15, -0.1) is 0 Å². The van der Waals surface area contributed by atoms with Crippen LogP contribution in [-0.2, 0) is 9.53 Å². The third kappa shape index (κ3) is 3.39. The number of rotatable bonds is 4. The predicted octanol–water partition coefficient (Wildman–Crippen LogP) is 0.921. The van der Waals surface area contributed by atoms with Crippen molar-refractivity contribution in [1.82, 2.24) is 10.6 Å². The van der Waals surface area contributed by atoms with Gasteiger partial charge in [-0.3, -0.25) is 9.59 Å². The Morgan fingerprint density at radius 3 is 2.70 bits per heavy atom. The summed E-state index contributed by atoms with van der Waals surface area (Å²) in [5.74, 6) is 0.704. The lowest BCUT2D eigenvalue weighted by atomic mass is 10.0. The first-order valence-electron chi connectivity index (χ1n) is 6.64. The highest BCUT2D eigenvalue weighted by molar-refractivity contribution is 5.97. The van der Waals surface area contributed by atoms with Crippen LogP contribution in [-0.4, -0.2) is 37.1 Å². The fraction of sp³-hybridized carbons (Fsp3) is 0.571. The molecular formula is C14H20N2O4. The molecule has 0 aliphatic carbocycles. The summed E-state index contributed by atoms with van der Waals surface area (Å²) in [6.07, 6.45) is 0.784. The van der Waals surface area contributed by atoms with E-state index >= 15 is 0 Å². The summed E-state index contributed by atoms with van der Waals surface area (Å²) >= 11 is 0. The zero-order valence-electron chi connectivity index (χ0n) is 12.0. The molecule has 0 saturated carbocycles. The molecule has 110 valence electrons. The lowest BCUT2D eigenvalue weighted by Crippen LogP contribution is -2.50. The molecule has 6 heteroatoms. The highest BCUT2D eigenvalue weighted by atomic mass is 16.5. The summed E-state index contributed by atoms with van der Waals surface area (Å²) in [6, 6.07) is 1.66. The first-order valence-corrected chi connectivity index (χ1v) is 6.64. The van der Waals surface area contributed by atoms with E-state index in [0.29, 0.717) is 30.3 Å². The molecule has 1 aromatic heterocycles. The van der Waals surface area contributed by atoms with E-state index in [9.17, 15) is 9.59 Å². The topological polar surface area (TPSA) is 80.6 Å². The van der Waals surface area contributed by atoms with Gasteiger partial charge in [-0.05, 0) is 33.3 Å². The van der Waals surface area contributed by atoms with Crippen molar-refractivity contribution in [3.8, 4) is 0 Å². The Morgan fingerprint density at radius 1 is 1.40 bits per heavy atom. The summed E-state index contributed by atoms with van der Waals surface area (Å²) in [5, 5.41) is 5.47. The first-order chi connectivity index (χ1) is 9.39. The summed E-state index contributed by atoms with van der Waals surface area (Å²) in [4.78, 5) is 23.7. The van der Waals surface area contributed by atoms with E-state index in [0.717, 1.165) is 6.42 Å². The second-order valence-corrected chi connectivity index (χ2v) is 5.42. The average molecular weight is 280 g/mol. The number of amides is 2. The fourth-order valence-corrected chi connectivity index (χ4v) is 2.26. The Morgan fingerprint density at radius 2 is 2.15 bits per heavy atom. The molecule has 0 radical (unpaired) electrons. The molecule has 1 atom stereocenters. The van der Waals surface area contributed by atoms with Crippen LogP contribution < -0.4 is 10.6 Å². The molecule has 1 saturated heterocycles. The normalized spacial score (nSPS) is 21.8. The van der Waals surface area contributed by atoms with Crippen molar-refractivity contribution in [3.63, 3.8) is 0 Å². The van der Waals surface area contributed by atoms with Crippen LogP contribution in [0, 0.1) is 13.8 Å². The van der Waals surface area contributed by atoms with Crippen LogP contribution in [0.3, 0.4) is 0 Å². The van der Waals surface area contributed by atoms with Gasteiger partial charge < -0.3 is 19.8 Å². The molecule has 0 bridgehead atoms. The van der Waals surface area contributed by atoms with Crippen molar-refractivity contribution in [2.75, 3.05) is 19.8 Å². The number of carbonyl (C=O) groups is 2. The van der Waals surface area contributed by atoms with Crippen LogP contribution in [0.2, 0.25) is 0 Å². The Labute approximate surface area is 117 Å². The SMILES string of the molecule is Cc1cc(C(=O)NCC(=O)N[C@]2(C)CCOC2)c(C)o1. The number of hydrogen-bond acceptors (Lipinski definition) is 4. The van der Waals surface area contributed by atoms with Gasteiger partial charge in [0.15, 0.2) is 0 Å². The van der Waals surface area contributed by atoms with E-state index in [1.807, 2.05) is 6.92 Å². The average Bonchev–Trinajstić information content (AvgIpc) is 2.92. The van der Waals surface area contributed by atoms with Crippen molar-refractivity contribution in [2.45, 2.75) is 32.7 Å². The Hall–Kier alpha value is -1.82. The minimum atomic E-state index is -0.329. The minimum absolute atomic E-state index is 0.0574. The molecule has 0 unspecified atom stereocenters. The number of nitrogens with one attached hydrogen (secondary N) is 2. The third-order valence-corrected chi connectivity index (χ3v) is 3.36. The zero-order chi connectivity index (χ0) is 14.8. The highest BCUT2D eigenvalue weighted by Gasteiger charge is 2.31. The van der Waals surface area contributed by atoms with Gasteiger partial charge in [0, 0.05) is 6.61 Å². The van der Waals surface area contributed by atoms with Gasteiger partial charge in [-0.25, -0.2) is 0 Å². The Bertz CT molecular complexity index is 515. The van der Waals surface area contributed by atoms with E-state index in [1.54, 1.807) is 19.9 Å². The Kier molecular flexibility index (Phi) is 4.13. The van der Waals surface area contributed by atoms with Crippen LogP contribution >= 0.6 is 0 Å². The van der Waals surface area contributed by atoms with E-state index in [4.69, 9.17) is 9.15 Å². The summed E-state index contributed by atoms with van der Waals surface area (Å²) < 4.78 is 10.5. The van der Waals surface area contributed by atoms with Crippen LogP contribution in [0.15, 0.2) is 10.5 Å². The van der Waals surface area contributed by atoms with Crippen LogP contribution in [0.1, 0.15) is 35.2 Å². The molecule has 1 fully saturated rings. The molecule has 2 heterocycles. The van der Waals surface area contributed by atoms with Crippen molar-refractivity contribution >= 4 is 11.8 Å². The maximum atomic E-state index is 11.9. The van der Waals surface area contributed by atoms with Gasteiger partial charge >= 0.3 is 0 Å². The fourth-order valence-electron chi connectivity index (χ4n) is 2.26. The molecule has 0 aromatic carbocycles. The molecule has 1 aliphatic heterocycles. The molecule has 1 aliphatic rings. The van der Waals surface area contributed by atoms with Gasteiger partial charge in [0.2, 0.25) is 5.91 Å². The summed E-state index contributed by atoms with van der Waals surface area (Å²) in [6.45, 7) is 6.53. The molecule has 1 aromatic rings. The van der Waals surface area contributed by atoms with Gasteiger partial charge in [0.1, 0.15) is 11.5 Å². The van der Waals surface area contributed by atoms with Gasteiger partial charge in [-0.1, -0.05) is 0 Å². The lowest BCUT2D eigenvalue weighted by Gasteiger charge is -2.23. The van der Waals surface area contributed by atoms with E-state index in [-0.39, 0.29) is 23.9 Å². The zero-order valence-corrected chi connectivity index (χ0v) is 12.0. The number of furan rings is 1. The van der Waals surface area contributed by atoms with Gasteiger partial charge in [-0.2, -0.15) is 0 Å². The van der Waals surface area contributed by atoms with Crippen LogP contribution in [0.4, 0.5) is 0 Å². The quantitative estimate of drug-likeness (QED) is 0.859. The number of ether oxygens (including phenoxy) is 1. The first kappa shape index (κ1) is 14.6. The highest BCUT2D eigenvalue weighted by Crippen LogP contribution is 2.17. The van der Waals surface area contributed by atoms with Crippen molar-refractivity contribution < 1.29 is 18.7 Å². The number of aryl methyl sites for hydroxylation is 2.